The second-order valence-corrected chi connectivity index (χ2v) is 9.91. The van der Waals surface area contributed by atoms with E-state index >= 15 is 0 Å². The van der Waals surface area contributed by atoms with Crippen molar-refractivity contribution in [1.82, 2.24) is 0 Å². The SMILES string of the molecule is CC(C)(OOC1=Cc2ccccc2C1)c1cccc(C(C)(C)OOC2=Cc3ccccc3C2)c1. The summed E-state index contributed by atoms with van der Waals surface area (Å²) in [7, 11) is 0. The van der Waals surface area contributed by atoms with Gasteiger partial charge in [0.2, 0.25) is 0 Å². The normalized spacial score (nSPS) is 14.8. The highest BCUT2D eigenvalue weighted by molar-refractivity contribution is 5.62. The zero-order chi connectivity index (χ0) is 23.8. The van der Waals surface area contributed by atoms with Gasteiger partial charge in [0.1, 0.15) is 22.7 Å². The molecular weight excluding hydrogens is 424 g/mol. The van der Waals surface area contributed by atoms with E-state index in [2.05, 4.69) is 30.3 Å². The second-order valence-electron chi connectivity index (χ2n) is 9.91. The van der Waals surface area contributed by atoms with Crippen LogP contribution >= 0.6 is 0 Å². The third-order valence-corrected chi connectivity index (χ3v) is 6.44. The van der Waals surface area contributed by atoms with E-state index in [0.717, 1.165) is 35.5 Å². The molecule has 0 aliphatic heterocycles. The Bertz CT molecular complexity index is 1170. The lowest BCUT2D eigenvalue weighted by Crippen LogP contribution is -2.25. The number of allylic oxidation sites excluding steroid dienone is 2. The summed E-state index contributed by atoms with van der Waals surface area (Å²) >= 11 is 0. The lowest BCUT2D eigenvalue weighted by atomic mass is 9.91. The van der Waals surface area contributed by atoms with E-state index in [1.165, 1.54) is 22.3 Å². The molecule has 174 valence electrons. The average Bonchev–Trinajstić information content (AvgIpc) is 3.45. The largest absolute Gasteiger partial charge is 0.341 e. The van der Waals surface area contributed by atoms with E-state index in [-0.39, 0.29) is 0 Å². The first kappa shape index (κ1) is 22.5. The number of fused-ring (bicyclic) bond motifs is 2. The van der Waals surface area contributed by atoms with Crippen LogP contribution < -0.4 is 0 Å². The van der Waals surface area contributed by atoms with Crippen LogP contribution in [0.5, 0.6) is 0 Å². The molecule has 5 rings (SSSR count). The van der Waals surface area contributed by atoms with E-state index in [0.29, 0.717) is 0 Å². The van der Waals surface area contributed by atoms with Gasteiger partial charge in [-0.2, -0.15) is 9.78 Å². The number of hydrogen-bond donors (Lipinski definition) is 0. The van der Waals surface area contributed by atoms with Gasteiger partial charge in [0.05, 0.1) is 0 Å². The molecule has 4 heteroatoms. The van der Waals surface area contributed by atoms with Crippen LogP contribution in [0.25, 0.3) is 12.2 Å². The predicted octanol–water partition coefficient (Wildman–Crippen LogP) is 7.25. The average molecular weight is 455 g/mol. The quantitative estimate of drug-likeness (QED) is 0.265. The third-order valence-electron chi connectivity index (χ3n) is 6.44. The van der Waals surface area contributed by atoms with Crippen molar-refractivity contribution in [2.45, 2.75) is 51.7 Å². The molecule has 0 heterocycles. The minimum atomic E-state index is -0.655. The van der Waals surface area contributed by atoms with Crippen LogP contribution in [0.1, 0.15) is 61.1 Å². The molecule has 0 bridgehead atoms. The summed E-state index contributed by atoms with van der Waals surface area (Å²) in [6.45, 7) is 8.00. The van der Waals surface area contributed by atoms with Gasteiger partial charge in [-0.1, -0.05) is 66.7 Å². The summed E-state index contributed by atoms with van der Waals surface area (Å²) in [6, 6.07) is 24.7. The molecule has 0 saturated heterocycles. The Balaban J connectivity index is 1.23. The van der Waals surface area contributed by atoms with Gasteiger partial charge < -0.3 is 9.78 Å². The number of hydrogen-bond acceptors (Lipinski definition) is 4. The first-order chi connectivity index (χ1) is 16.3. The van der Waals surface area contributed by atoms with Gasteiger partial charge in [-0.25, -0.2) is 0 Å². The number of rotatable bonds is 8. The summed E-state index contributed by atoms with van der Waals surface area (Å²) in [5.41, 5.74) is 5.53. The summed E-state index contributed by atoms with van der Waals surface area (Å²) in [5.74, 6) is 1.63. The molecule has 0 atom stereocenters. The maximum Gasteiger partial charge on any atom is 0.147 e. The van der Waals surface area contributed by atoms with Crippen LogP contribution in [-0.4, -0.2) is 0 Å². The predicted molar refractivity (Wildman–Crippen MR) is 133 cm³/mol. The van der Waals surface area contributed by atoms with E-state index in [1.54, 1.807) is 0 Å². The smallest absolute Gasteiger partial charge is 0.147 e. The molecule has 3 aromatic rings. The topological polar surface area (TPSA) is 36.9 Å². The van der Waals surface area contributed by atoms with E-state index in [1.807, 2.05) is 82.3 Å². The lowest BCUT2D eigenvalue weighted by molar-refractivity contribution is -0.333. The van der Waals surface area contributed by atoms with Crippen molar-refractivity contribution in [2.24, 2.45) is 0 Å². The van der Waals surface area contributed by atoms with Crippen LogP contribution in [0.15, 0.2) is 84.3 Å². The molecule has 3 aromatic carbocycles. The molecule has 0 radical (unpaired) electrons. The minimum Gasteiger partial charge on any atom is -0.341 e. The fourth-order valence-corrected chi connectivity index (χ4v) is 4.28. The van der Waals surface area contributed by atoms with Crippen LogP contribution in [0, 0.1) is 0 Å². The van der Waals surface area contributed by atoms with Crippen LogP contribution in [0.4, 0.5) is 0 Å². The van der Waals surface area contributed by atoms with Crippen LogP contribution in [-0.2, 0) is 43.6 Å². The monoisotopic (exact) mass is 454 g/mol. The molecule has 0 spiro atoms. The van der Waals surface area contributed by atoms with Crippen molar-refractivity contribution in [3.63, 3.8) is 0 Å². The van der Waals surface area contributed by atoms with Crippen molar-refractivity contribution in [3.05, 3.63) is 118 Å². The molecule has 0 unspecified atom stereocenters. The Morgan fingerprint density at radius 1 is 0.559 bits per heavy atom. The molecule has 2 aliphatic carbocycles. The number of benzene rings is 3. The van der Waals surface area contributed by atoms with E-state index in [4.69, 9.17) is 19.6 Å². The Labute approximate surface area is 201 Å². The van der Waals surface area contributed by atoms with Crippen molar-refractivity contribution in [1.29, 1.82) is 0 Å². The fraction of sp³-hybridized carbons (Fsp3) is 0.267. The molecule has 0 saturated carbocycles. The standard InChI is InChI=1S/C30H30O4/c1-29(2,33-31-27-16-21-10-5-6-11-22(21)17-27)25-14-9-15-26(20-25)30(3,4)34-32-28-18-23-12-7-8-13-24(23)19-28/h5-16,18,20H,17,19H2,1-4H3. The zero-order valence-corrected chi connectivity index (χ0v) is 20.1. The Morgan fingerprint density at radius 2 is 1.00 bits per heavy atom. The Hall–Kier alpha value is -3.34. The molecule has 0 N–H and O–H groups in total. The fourth-order valence-electron chi connectivity index (χ4n) is 4.28. The van der Waals surface area contributed by atoms with Gasteiger partial charge in [-0.3, -0.25) is 0 Å². The highest BCUT2D eigenvalue weighted by Crippen LogP contribution is 2.34. The van der Waals surface area contributed by atoms with Crippen molar-refractivity contribution >= 4 is 12.2 Å². The molecule has 4 nitrogen and oxygen atoms in total. The molecule has 2 aliphatic rings. The van der Waals surface area contributed by atoms with E-state index in [9.17, 15) is 0 Å². The first-order valence-corrected chi connectivity index (χ1v) is 11.7. The minimum absolute atomic E-state index is 0.655. The van der Waals surface area contributed by atoms with Gasteiger partial charge in [0, 0.05) is 12.8 Å². The molecule has 0 amide bonds. The zero-order valence-electron chi connectivity index (χ0n) is 20.1. The van der Waals surface area contributed by atoms with Crippen LogP contribution in [0.3, 0.4) is 0 Å². The Kier molecular flexibility index (Phi) is 5.80. The van der Waals surface area contributed by atoms with Crippen molar-refractivity contribution in [3.8, 4) is 0 Å². The third kappa shape index (κ3) is 4.65. The van der Waals surface area contributed by atoms with Gasteiger partial charge in [-0.15, -0.1) is 0 Å². The highest BCUT2D eigenvalue weighted by Gasteiger charge is 2.30. The summed E-state index contributed by atoms with van der Waals surface area (Å²) < 4.78 is 0. The molecule has 0 aromatic heterocycles. The van der Waals surface area contributed by atoms with Gasteiger partial charge >= 0.3 is 0 Å². The molecule has 0 fully saturated rings. The van der Waals surface area contributed by atoms with Crippen LogP contribution in [0.2, 0.25) is 0 Å². The molecule has 34 heavy (non-hydrogen) atoms. The van der Waals surface area contributed by atoms with Gasteiger partial charge in [0.25, 0.3) is 0 Å². The maximum absolute atomic E-state index is 5.93. The highest BCUT2D eigenvalue weighted by atomic mass is 17.2. The van der Waals surface area contributed by atoms with Gasteiger partial charge in [-0.05, 0) is 79.3 Å². The van der Waals surface area contributed by atoms with Crippen molar-refractivity contribution < 1.29 is 19.6 Å². The first-order valence-electron chi connectivity index (χ1n) is 11.7. The summed E-state index contributed by atoms with van der Waals surface area (Å²) in [6.07, 6.45) is 5.55. The van der Waals surface area contributed by atoms with E-state index < -0.39 is 11.2 Å². The summed E-state index contributed by atoms with van der Waals surface area (Å²) in [4.78, 5) is 23.4. The second kappa shape index (κ2) is 8.79. The van der Waals surface area contributed by atoms with Gasteiger partial charge in [0.15, 0.2) is 0 Å². The molecular formula is C30H30O4. The maximum atomic E-state index is 5.93. The Morgan fingerprint density at radius 3 is 1.44 bits per heavy atom. The lowest BCUT2D eigenvalue weighted by Gasteiger charge is -2.28. The summed E-state index contributed by atoms with van der Waals surface area (Å²) in [5, 5.41) is 0. The van der Waals surface area contributed by atoms with Crippen molar-refractivity contribution in [2.75, 3.05) is 0 Å².